The average Bonchev–Trinajstić information content (AvgIpc) is 2.71. The number of phenolic OH excluding ortho intramolecular Hbond substituents is 2. The maximum absolute atomic E-state index is 13.3. The molecule has 0 saturated heterocycles. The second-order valence-electron chi connectivity index (χ2n) is 5.99. The molecule has 1 heterocycles. The number of hydrogen-bond donors (Lipinski definition) is 2. The number of benzene rings is 3. The zero-order valence-corrected chi connectivity index (χ0v) is 15.5. The first kappa shape index (κ1) is 20.3. The minimum absolute atomic E-state index is 0.0253. The van der Waals surface area contributed by atoms with Gasteiger partial charge in [0.2, 0.25) is 5.43 Å². The molecule has 4 rings (SSSR count). The Kier molecular flexibility index (Phi) is 5.24. The van der Waals surface area contributed by atoms with Gasteiger partial charge in [0.05, 0.1) is 16.5 Å². The second kappa shape index (κ2) is 7.50. The maximum atomic E-state index is 13.3. The lowest BCUT2D eigenvalue weighted by molar-refractivity contribution is -0.137. The molecular weight excluding hydrogens is 385 g/mol. The molecule has 150 valence electrons. The van der Waals surface area contributed by atoms with E-state index in [-0.39, 0.29) is 38.6 Å². The molecule has 0 amide bonds. The summed E-state index contributed by atoms with van der Waals surface area (Å²) in [5.41, 5.74) is -1.98. The zero-order chi connectivity index (χ0) is 21.3. The van der Waals surface area contributed by atoms with Crippen LogP contribution in [0.2, 0.25) is 0 Å². The fourth-order valence-electron chi connectivity index (χ4n) is 3.15. The lowest BCUT2D eigenvalue weighted by atomic mass is 9.97. The minimum Gasteiger partial charge on any atom is -0.504 e. The highest BCUT2D eigenvalue weighted by molar-refractivity contribution is 6.09. The van der Waals surface area contributed by atoms with Gasteiger partial charge in [-0.3, -0.25) is 4.79 Å². The van der Waals surface area contributed by atoms with E-state index in [1.54, 1.807) is 0 Å². The van der Waals surface area contributed by atoms with Gasteiger partial charge in [-0.1, -0.05) is 32.0 Å². The number of rotatable bonds is 1. The quantitative estimate of drug-likeness (QED) is 0.299. The van der Waals surface area contributed by atoms with Gasteiger partial charge in [0.25, 0.3) is 0 Å². The van der Waals surface area contributed by atoms with E-state index in [0.717, 1.165) is 12.3 Å². The summed E-state index contributed by atoms with van der Waals surface area (Å²) < 4.78 is 45.4. The van der Waals surface area contributed by atoms with Crippen LogP contribution in [0.4, 0.5) is 13.2 Å². The molecule has 0 aliphatic heterocycles. The van der Waals surface area contributed by atoms with Gasteiger partial charge in [-0.05, 0) is 30.3 Å². The molecule has 0 bridgehead atoms. The van der Waals surface area contributed by atoms with Crippen LogP contribution >= 0.6 is 0 Å². The second-order valence-corrected chi connectivity index (χ2v) is 5.99. The van der Waals surface area contributed by atoms with Crippen molar-refractivity contribution in [2.45, 2.75) is 20.0 Å². The molecule has 3 aromatic carbocycles. The third-order valence-corrected chi connectivity index (χ3v) is 4.41. The van der Waals surface area contributed by atoms with Crippen LogP contribution in [0.15, 0.2) is 64.0 Å². The predicted octanol–water partition coefficient (Wildman–Crippen LogP) is 6.07. The Morgan fingerprint density at radius 3 is 2.21 bits per heavy atom. The molecule has 4 nitrogen and oxygen atoms in total. The molecule has 0 radical (unpaired) electrons. The fraction of sp³-hybridized carbons (Fsp3) is 0.136. The topological polar surface area (TPSA) is 70.7 Å². The van der Waals surface area contributed by atoms with Crippen molar-refractivity contribution >= 4 is 21.7 Å². The van der Waals surface area contributed by atoms with Crippen LogP contribution in [-0.4, -0.2) is 10.2 Å². The van der Waals surface area contributed by atoms with Gasteiger partial charge >= 0.3 is 6.18 Å². The number of fused-ring (bicyclic) bond motifs is 3. The highest BCUT2D eigenvalue weighted by atomic mass is 19.4. The summed E-state index contributed by atoms with van der Waals surface area (Å²) >= 11 is 0. The lowest BCUT2D eigenvalue weighted by Crippen LogP contribution is -2.11. The summed E-state index contributed by atoms with van der Waals surface area (Å²) in [4.78, 5) is 13.0. The number of hydrogen-bond acceptors (Lipinski definition) is 4. The molecule has 0 fully saturated rings. The van der Waals surface area contributed by atoms with Crippen LogP contribution in [-0.2, 0) is 6.18 Å². The summed E-state index contributed by atoms with van der Waals surface area (Å²) in [6, 6.07) is 10.2. The van der Waals surface area contributed by atoms with Gasteiger partial charge in [-0.2, -0.15) is 13.2 Å². The molecule has 0 saturated carbocycles. The van der Waals surface area contributed by atoms with E-state index in [2.05, 4.69) is 0 Å². The monoisotopic (exact) mass is 402 g/mol. The number of halogens is 3. The SMILES string of the molecule is CC.O=c1c(-c2ccccc2C(F)(F)F)coc2ccc3c(O)c(O)ccc3c12. The van der Waals surface area contributed by atoms with E-state index in [0.29, 0.717) is 0 Å². The van der Waals surface area contributed by atoms with Crippen molar-refractivity contribution in [2.75, 3.05) is 0 Å². The Hall–Kier alpha value is -3.48. The Bertz CT molecular complexity index is 1260. The first-order chi connectivity index (χ1) is 13.8. The molecule has 0 aliphatic rings. The Morgan fingerprint density at radius 2 is 1.52 bits per heavy atom. The third kappa shape index (κ3) is 3.40. The summed E-state index contributed by atoms with van der Waals surface area (Å²) in [5.74, 6) is -0.792. The van der Waals surface area contributed by atoms with E-state index >= 15 is 0 Å². The van der Waals surface area contributed by atoms with Crippen molar-refractivity contribution in [3.05, 3.63) is 70.6 Å². The standard InChI is InChI=1S/C20H11F3O4.C2H6/c21-20(22,23)14-4-2-1-3-10(14)13-9-27-16-8-6-12-11(17(16)19(13)26)5-7-15(24)18(12)25;1-2/h1-9,24-25H;1-2H3. The van der Waals surface area contributed by atoms with Crippen LogP contribution in [0.3, 0.4) is 0 Å². The Morgan fingerprint density at radius 1 is 0.862 bits per heavy atom. The van der Waals surface area contributed by atoms with Gasteiger partial charge < -0.3 is 14.6 Å². The van der Waals surface area contributed by atoms with Gasteiger partial charge in [0.1, 0.15) is 11.8 Å². The van der Waals surface area contributed by atoms with Gasteiger partial charge in [-0.15, -0.1) is 0 Å². The van der Waals surface area contributed by atoms with Crippen LogP contribution in [0.1, 0.15) is 19.4 Å². The Balaban J connectivity index is 0.00000117. The maximum Gasteiger partial charge on any atom is 0.417 e. The number of aromatic hydroxyl groups is 2. The van der Waals surface area contributed by atoms with Gasteiger partial charge in [0.15, 0.2) is 11.5 Å². The molecule has 0 atom stereocenters. The first-order valence-corrected chi connectivity index (χ1v) is 8.85. The summed E-state index contributed by atoms with van der Waals surface area (Å²) in [6.45, 7) is 4.00. The molecule has 0 aliphatic carbocycles. The van der Waals surface area contributed by atoms with Crippen molar-refractivity contribution < 1.29 is 27.8 Å². The van der Waals surface area contributed by atoms with Crippen molar-refractivity contribution in [1.82, 2.24) is 0 Å². The van der Waals surface area contributed by atoms with E-state index in [1.165, 1.54) is 42.5 Å². The summed E-state index contributed by atoms with van der Waals surface area (Å²) in [5, 5.41) is 20.1. The van der Waals surface area contributed by atoms with Gasteiger partial charge in [-0.25, -0.2) is 0 Å². The van der Waals surface area contributed by atoms with Crippen LogP contribution in [0.5, 0.6) is 11.5 Å². The fourth-order valence-corrected chi connectivity index (χ4v) is 3.15. The highest BCUT2D eigenvalue weighted by Crippen LogP contribution is 2.39. The van der Waals surface area contributed by atoms with Crippen molar-refractivity contribution in [2.24, 2.45) is 0 Å². The minimum atomic E-state index is -4.64. The number of alkyl halides is 3. The zero-order valence-electron chi connectivity index (χ0n) is 15.5. The van der Waals surface area contributed by atoms with E-state index in [9.17, 15) is 28.2 Å². The van der Waals surface area contributed by atoms with Crippen molar-refractivity contribution in [1.29, 1.82) is 0 Å². The molecule has 2 N–H and O–H groups in total. The smallest absolute Gasteiger partial charge is 0.417 e. The number of phenols is 2. The molecule has 4 aromatic rings. The van der Waals surface area contributed by atoms with Crippen molar-refractivity contribution in [3.8, 4) is 22.6 Å². The normalized spacial score (nSPS) is 11.3. The van der Waals surface area contributed by atoms with E-state index < -0.39 is 22.9 Å². The third-order valence-electron chi connectivity index (χ3n) is 4.41. The molecule has 7 heteroatoms. The molecule has 0 unspecified atom stereocenters. The first-order valence-electron chi connectivity index (χ1n) is 8.85. The Labute approximate surface area is 163 Å². The largest absolute Gasteiger partial charge is 0.504 e. The van der Waals surface area contributed by atoms with Crippen molar-refractivity contribution in [3.63, 3.8) is 0 Å². The summed E-state index contributed by atoms with van der Waals surface area (Å²) in [7, 11) is 0. The lowest BCUT2D eigenvalue weighted by Gasteiger charge is -2.13. The highest BCUT2D eigenvalue weighted by Gasteiger charge is 2.34. The van der Waals surface area contributed by atoms with Crippen LogP contribution in [0.25, 0.3) is 32.9 Å². The molecular formula is C22H17F3O4. The van der Waals surface area contributed by atoms with E-state index in [1.807, 2.05) is 13.8 Å². The van der Waals surface area contributed by atoms with Crippen LogP contribution < -0.4 is 5.43 Å². The molecule has 29 heavy (non-hydrogen) atoms. The average molecular weight is 402 g/mol. The molecule has 0 spiro atoms. The van der Waals surface area contributed by atoms with Gasteiger partial charge in [0, 0.05) is 16.3 Å². The van der Waals surface area contributed by atoms with E-state index in [4.69, 9.17) is 4.42 Å². The molecule has 1 aromatic heterocycles. The van der Waals surface area contributed by atoms with Crippen LogP contribution in [0, 0.1) is 0 Å². The summed E-state index contributed by atoms with van der Waals surface area (Å²) in [6.07, 6.45) is -3.64. The predicted molar refractivity (Wildman–Crippen MR) is 105 cm³/mol.